The highest BCUT2D eigenvalue weighted by molar-refractivity contribution is 6.32. The molecular weight excluding hydrogens is 380 g/mol. The Labute approximate surface area is 167 Å². The van der Waals surface area contributed by atoms with Crippen LogP contribution in [0.1, 0.15) is 40.5 Å². The van der Waals surface area contributed by atoms with Crippen molar-refractivity contribution in [2.45, 2.75) is 25.7 Å². The maximum atomic E-state index is 13.2. The van der Waals surface area contributed by atoms with Crippen molar-refractivity contribution in [1.82, 2.24) is 14.8 Å². The van der Waals surface area contributed by atoms with E-state index >= 15 is 0 Å². The van der Waals surface area contributed by atoms with Gasteiger partial charge in [-0.3, -0.25) is 9.48 Å². The third-order valence-electron chi connectivity index (χ3n) is 4.95. The van der Waals surface area contributed by atoms with E-state index in [1.54, 1.807) is 16.8 Å². The standard InChI is InChI=1S/C20H21ClN4O3/c1-10-18-12(7-14(11-5-6-11)22-19(18)25(2)24-10)20(26)23-15-9-16(27-3)13(21)8-17(15)28-4/h7-9,11H,5-6H2,1-4H3,(H,23,26). The lowest BCUT2D eigenvalue weighted by atomic mass is 10.1. The van der Waals surface area contributed by atoms with Gasteiger partial charge in [0.05, 0.1) is 41.6 Å². The number of aromatic nitrogens is 3. The summed E-state index contributed by atoms with van der Waals surface area (Å²) in [4.78, 5) is 18.0. The molecule has 1 saturated carbocycles. The molecule has 4 rings (SSSR count). The first kappa shape index (κ1) is 18.6. The second-order valence-corrected chi connectivity index (χ2v) is 7.32. The zero-order valence-corrected chi connectivity index (χ0v) is 16.9. The Kier molecular flexibility index (Phi) is 4.63. The molecule has 1 aliphatic rings. The molecule has 0 spiro atoms. The van der Waals surface area contributed by atoms with Gasteiger partial charge >= 0.3 is 0 Å². The number of nitrogens with one attached hydrogen (secondary N) is 1. The highest BCUT2D eigenvalue weighted by Crippen LogP contribution is 2.41. The van der Waals surface area contributed by atoms with Crippen LogP contribution in [0.15, 0.2) is 18.2 Å². The number of methoxy groups -OCH3 is 2. The Morgan fingerprint density at radius 1 is 1.21 bits per heavy atom. The van der Waals surface area contributed by atoms with Crippen molar-refractivity contribution in [3.05, 3.63) is 40.2 Å². The Morgan fingerprint density at radius 2 is 1.93 bits per heavy atom. The van der Waals surface area contributed by atoms with E-state index in [-0.39, 0.29) is 5.91 Å². The molecule has 8 heteroatoms. The number of hydrogen-bond acceptors (Lipinski definition) is 5. The molecule has 0 atom stereocenters. The predicted molar refractivity (Wildman–Crippen MR) is 108 cm³/mol. The average Bonchev–Trinajstić information content (AvgIpc) is 3.48. The number of carbonyl (C=O) groups excluding carboxylic acids is 1. The van der Waals surface area contributed by atoms with E-state index < -0.39 is 0 Å². The maximum Gasteiger partial charge on any atom is 0.256 e. The minimum Gasteiger partial charge on any atom is -0.495 e. The van der Waals surface area contributed by atoms with Gasteiger partial charge in [-0.05, 0) is 25.8 Å². The number of nitrogens with zero attached hydrogens (tertiary/aromatic N) is 3. The van der Waals surface area contributed by atoms with Crippen LogP contribution in [0.25, 0.3) is 11.0 Å². The molecule has 0 bridgehead atoms. The number of pyridine rings is 1. The summed E-state index contributed by atoms with van der Waals surface area (Å²) >= 11 is 6.16. The van der Waals surface area contributed by atoms with E-state index in [9.17, 15) is 4.79 Å². The summed E-state index contributed by atoms with van der Waals surface area (Å²) in [5.74, 6) is 1.06. The van der Waals surface area contributed by atoms with E-state index in [0.717, 1.165) is 29.6 Å². The van der Waals surface area contributed by atoms with Gasteiger partial charge < -0.3 is 14.8 Å². The Morgan fingerprint density at radius 3 is 2.57 bits per heavy atom. The molecular formula is C20H21ClN4O3. The number of hydrogen-bond donors (Lipinski definition) is 1. The van der Waals surface area contributed by atoms with E-state index in [0.29, 0.717) is 39.3 Å². The van der Waals surface area contributed by atoms with E-state index in [2.05, 4.69) is 10.4 Å². The monoisotopic (exact) mass is 400 g/mol. The van der Waals surface area contributed by atoms with Crippen molar-refractivity contribution < 1.29 is 14.3 Å². The molecule has 0 unspecified atom stereocenters. The largest absolute Gasteiger partial charge is 0.495 e. The number of fused-ring (bicyclic) bond motifs is 1. The highest BCUT2D eigenvalue weighted by atomic mass is 35.5. The molecule has 1 fully saturated rings. The van der Waals surface area contributed by atoms with Crippen LogP contribution in [0.5, 0.6) is 11.5 Å². The van der Waals surface area contributed by atoms with Gasteiger partial charge in [0.2, 0.25) is 0 Å². The second kappa shape index (κ2) is 6.98. The third-order valence-corrected chi connectivity index (χ3v) is 5.25. The van der Waals surface area contributed by atoms with Gasteiger partial charge in [0.15, 0.2) is 5.65 Å². The van der Waals surface area contributed by atoms with Crippen molar-refractivity contribution in [2.75, 3.05) is 19.5 Å². The number of amides is 1. The van der Waals surface area contributed by atoms with Gasteiger partial charge in [-0.1, -0.05) is 11.6 Å². The minimum absolute atomic E-state index is 0.256. The minimum atomic E-state index is -0.256. The van der Waals surface area contributed by atoms with Crippen LogP contribution < -0.4 is 14.8 Å². The van der Waals surface area contributed by atoms with Crippen LogP contribution in [0.2, 0.25) is 5.02 Å². The SMILES string of the molecule is COc1cc(NC(=O)c2cc(C3CC3)nc3c2c(C)nn3C)c(OC)cc1Cl. The fourth-order valence-electron chi connectivity index (χ4n) is 3.38. The molecule has 2 aromatic heterocycles. The topological polar surface area (TPSA) is 78.3 Å². The van der Waals surface area contributed by atoms with Gasteiger partial charge in [0.1, 0.15) is 11.5 Å². The van der Waals surface area contributed by atoms with Crippen LogP contribution in [-0.2, 0) is 7.05 Å². The van der Waals surface area contributed by atoms with Crippen molar-refractivity contribution in [3.63, 3.8) is 0 Å². The zero-order chi connectivity index (χ0) is 20.0. The summed E-state index contributed by atoms with van der Waals surface area (Å²) in [6, 6.07) is 5.14. The lowest BCUT2D eigenvalue weighted by molar-refractivity contribution is 0.102. The fourth-order valence-corrected chi connectivity index (χ4v) is 3.61. The summed E-state index contributed by atoms with van der Waals surface area (Å²) in [5, 5.41) is 8.53. The molecule has 0 saturated heterocycles. The molecule has 0 aliphatic heterocycles. The predicted octanol–water partition coefficient (Wildman–Crippen LogP) is 4.08. The van der Waals surface area contributed by atoms with Gasteiger partial charge in [-0.15, -0.1) is 0 Å². The highest BCUT2D eigenvalue weighted by Gasteiger charge is 2.28. The molecule has 3 aromatic rings. The first-order valence-corrected chi connectivity index (χ1v) is 9.37. The van der Waals surface area contributed by atoms with Gasteiger partial charge in [-0.2, -0.15) is 5.10 Å². The molecule has 1 aromatic carbocycles. The molecule has 1 amide bonds. The molecule has 146 valence electrons. The van der Waals surface area contributed by atoms with E-state index in [1.807, 2.05) is 20.0 Å². The summed E-state index contributed by atoms with van der Waals surface area (Å²) in [6.07, 6.45) is 2.19. The van der Waals surface area contributed by atoms with Crippen molar-refractivity contribution >= 4 is 34.2 Å². The Hall–Kier alpha value is -2.80. The van der Waals surface area contributed by atoms with Crippen LogP contribution >= 0.6 is 11.6 Å². The van der Waals surface area contributed by atoms with Gasteiger partial charge in [0.25, 0.3) is 5.91 Å². The molecule has 7 nitrogen and oxygen atoms in total. The zero-order valence-electron chi connectivity index (χ0n) is 16.2. The summed E-state index contributed by atoms with van der Waals surface area (Å²) < 4.78 is 12.3. The molecule has 1 N–H and O–H groups in total. The van der Waals surface area contributed by atoms with Crippen molar-refractivity contribution in [1.29, 1.82) is 0 Å². The smallest absolute Gasteiger partial charge is 0.256 e. The molecule has 0 radical (unpaired) electrons. The normalized spacial score (nSPS) is 13.6. The molecule has 1 aliphatic carbocycles. The summed E-state index contributed by atoms with van der Waals surface area (Å²) in [7, 11) is 4.88. The van der Waals surface area contributed by atoms with Crippen LogP contribution in [0.3, 0.4) is 0 Å². The van der Waals surface area contributed by atoms with Gasteiger partial charge in [-0.25, -0.2) is 4.98 Å². The van der Waals surface area contributed by atoms with Crippen molar-refractivity contribution in [3.8, 4) is 11.5 Å². The molecule has 28 heavy (non-hydrogen) atoms. The maximum absolute atomic E-state index is 13.2. The molecule has 2 heterocycles. The Balaban J connectivity index is 1.79. The first-order valence-electron chi connectivity index (χ1n) is 9.00. The average molecular weight is 401 g/mol. The first-order chi connectivity index (χ1) is 13.4. The number of carbonyl (C=O) groups is 1. The number of rotatable bonds is 5. The van der Waals surface area contributed by atoms with Crippen molar-refractivity contribution in [2.24, 2.45) is 7.05 Å². The van der Waals surface area contributed by atoms with Gasteiger partial charge in [0, 0.05) is 30.8 Å². The van der Waals surface area contributed by atoms with E-state index in [1.165, 1.54) is 14.2 Å². The lowest BCUT2D eigenvalue weighted by Crippen LogP contribution is -2.14. The third kappa shape index (κ3) is 3.16. The Bertz CT molecular complexity index is 1090. The summed E-state index contributed by atoms with van der Waals surface area (Å²) in [5.41, 5.74) is 3.44. The van der Waals surface area contributed by atoms with Crippen LogP contribution in [-0.4, -0.2) is 34.9 Å². The van der Waals surface area contributed by atoms with E-state index in [4.69, 9.17) is 26.1 Å². The number of halogens is 1. The lowest BCUT2D eigenvalue weighted by Gasteiger charge is -2.14. The number of benzene rings is 1. The van der Waals surface area contributed by atoms with Crippen LogP contribution in [0.4, 0.5) is 5.69 Å². The number of aryl methyl sites for hydroxylation is 2. The second-order valence-electron chi connectivity index (χ2n) is 6.92. The van der Waals surface area contributed by atoms with Crippen LogP contribution in [0, 0.1) is 6.92 Å². The number of ether oxygens (including phenoxy) is 2. The number of anilines is 1. The fraction of sp³-hybridized carbons (Fsp3) is 0.350. The quantitative estimate of drug-likeness (QED) is 0.698. The summed E-state index contributed by atoms with van der Waals surface area (Å²) in [6.45, 7) is 1.88.